The van der Waals surface area contributed by atoms with Crippen LogP contribution in [0.5, 0.6) is 0 Å². The molecule has 4 rings (SSSR count). The van der Waals surface area contributed by atoms with Gasteiger partial charge >= 0.3 is 6.03 Å². The lowest BCUT2D eigenvalue weighted by Gasteiger charge is -2.19. The Bertz CT molecular complexity index is 1060. The van der Waals surface area contributed by atoms with Crippen LogP contribution in [0.2, 0.25) is 0 Å². The highest BCUT2D eigenvalue weighted by Gasteiger charge is 2.25. The van der Waals surface area contributed by atoms with E-state index in [1.54, 1.807) is 24.2 Å². The van der Waals surface area contributed by atoms with E-state index in [1.807, 2.05) is 0 Å². The number of aromatic nitrogens is 3. The number of fused-ring (bicyclic) bond motifs is 1. The van der Waals surface area contributed by atoms with Gasteiger partial charge in [-0.15, -0.1) is 0 Å². The van der Waals surface area contributed by atoms with E-state index in [4.69, 9.17) is 0 Å². The Kier molecular flexibility index (Phi) is 5.01. The van der Waals surface area contributed by atoms with Crippen molar-refractivity contribution >= 4 is 23.2 Å². The van der Waals surface area contributed by atoms with Crippen molar-refractivity contribution in [1.82, 2.24) is 19.5 Å². The lowest BCUT2D eigenvalue weighted by molar-refractivity contribution is 0.176. The standard InChI is InChI=1S/C19H20F2N6O2/c1-25(10-12-8-13(20)2-3-15(12)21)17-5-7-27-18(24-17)16(9-22-27)23-19(29)26-6-4-14(28)11-26/h2-3,5,7-9,14,28H,4,6,10-11H2,1H3,(H,23,29)/t14-/m0/s1. The summed E-state index contributed by atoms with van der Waals surface area (Å²) in [4.78, 5) is 20.1. The average Bonchev–Trinajstić information content (AvgIpc) is 3.31. The highest BCUT2D eigenvalue weighted by molar-refractivity contribution is 5.93. The summed E-state index contributed by atoms with van der Waals surface area (Å²) in [6.07, 6.45) is 3.20. The molecule has 2 N–H and O–H groups in total. The highest BCUT2D eigenvalue weighted by Crippen LogP contribution is 2.21. The van der Waals surface area contributed by atoms with Crippen LogP contribution in [0.25, 0.3) is 5.65 Å². The summed E-state index contributed by atoms with van der Waals surface area (Å²) < 4.78 is 28.9. The number of carbonyl (C=O) groups excluding carboxylic acids is 1. The first-order valence-electron chi connectivity index (χ1n) is 9.14. The molecule has 0 radical (unpaired) electrons. The van der Waals surface area contributed by atoms with Crippen molar-refractivity contribution in [3.63, 3.8) is 0 Å². The van der Waals surface area contributed by atoms with E-state index in [0.29, 0.717) is 30.1 Å². The van der Waals surface area contributed by atoms with E-state index in [0.717, 1.165) is 18.2 Å². The van der Waals surface area contributed by atoms with Gasteiger partial charge in [0.1, 0.15) is 23.1 Å². The van der Waals surface area contributed by atoms with Crippen LogP contribution in [0.3, 0.4) is 0 Å². The number of urea groups is 1. The second-order valence-corrected chi connectivity index (χ2v) is 7.02. The normalized spacial score (nSPS) is 16.4. The quantitative estimate of drug-likeness (QED) is 0.699. The minimum Gasteiger partial charge on any atom is -0.391 e. The van der Waals surface area contributed by atoms with Gasteiger partial charge in [0.2, 0.25) is 0 Å². The molecule has 0 unspecified atom stereocenters. The Balaban J connectivity index is 1.54. The number of benzene rings is 1. The van der Waals surface area contributed by atoms with E-state index in [1.165, 1.54) is 15.6 Å². The van der Waals surface area contributed by atoms with Crippen LogP contribution in [0.4, 0.5) is 25.1 Å². The molecular weight excluding hydrogens is 382 g/mol. The Morgan fingerprint density at radius 1 is 1.38 bits per heavy atom. The van der Waals surface area contributed by atoms with Crippen molar-refractivity contribution in [2.75, 3.05) is 30.4 Å². The van der Waals surface area contributed by atoms with Gasteiger partial charge in [-0.2, -0.15) is 5.10 Å². The molecule has 3 heterocycles. The molecule has 1 atom stereocenters. The van der Waals surface area contributed by atoms with Crippen molar-refractivity contribution in [3.05, 3.63) is 53.9 Å². The van der Waals surface area contributed by atoms with Crippen LogP contribution in [0.15, 0.2) is 36.7 Å². The Labute approximate surface area is 165 Å². The third kappa shape index (κ3) is 3.97. The number of aliphatic hydroxyl groups excluding tert-OH is 1. The van der Waals surface area contributed by atoms with Crippen LogP contribution in [0, 0.1) is 11.6 Å². The zero-order valence-electron chi connectivity index (χ0n) is 15.7. The average molecular weight is 402 g/mol. The zero-order valence-corrected chi connectivity index (χ0v) is 15.7. The van der Waals surface area contributed by atoms with Crippen molar-refractivity contribution in [2.24, 2.45) is 0 Å². The maximum absolute atomic E-state index is 13.9. The molecule has 152 valence electrons. The Hall–Kier alpha value is -3.27. The van der Waals surface area contributed by atoms with Gasteiger partial charge in [0.25, 0.3) is 0 Å². The number of likely N-dealkylation sites (tertiary alicyclic amines) is 1. The number of halogens is 2. The highest BCUT2D eigenvalue weighted by atomic mass is 19.1. The maximum Gasteiger partial charge on any atom is 0.322 e. The number of hydrogen-bond acceptors (Lipinski definition) is 5. The third-order valence-electron chi connectivity index (χ3n) is 4.85. The molecule has 3 aromatic rings. The van der Waals surface area contributed by atoms with E-state index in [2.05, 4.69) is 15.4 Å². The monoisotopic (exact) mass is 402 g/mol. The maximum atomic E-state index is 13.9. The summed E-state index contributed by atoms with van der Waals surface area (Å²) in [7, 11) is 1.71. The molecule has 2 aromatic heterocycles. The molecule has 8 nitrogen and oxygen atoms in total. The molecule has 1 aromatic carbocycles. The van der Waals surface area contributed by atoms with Crippen LogP contribution >= 0.6 is 0 Å². The van der Waals surface area contributed by atoms with E-state index >= 15 is 0 Å². The number of aliphatic hydroxyl groups is 1. The zero-order chi connectivity index (χ0) is 20.5. The van der Waals surface area contributed by atoms with Gasteiger partial charge in [-0.3, -0.25) is 0 Å². The fourth-order valence-electron chi connectivity index (χ4n) is 3.28. The molecular formula is C19H20F2N6O2. The summed E-state index contributed by atoms with van der Waals surface area (Å²) in [6.45, 7) is 0.882. The van der Waals surface area contributed by atoms with Gasteiger partial charge in [-0.1, -0.05) is 0 Å². The minimum atomic E-state index is -0.508. The van der Waals surface area contributed by atoms with Gasteiger partial charge in [-0.25, -0.2) is 23.1 Å². The Morgan fingerprint density at radius 3 is 2.97 bits per heavy atom. The summed E-state index contributed by atoms with van der Waals surface area (Å²) >= 11 is 0. The van der Waals surface area contributed by atoms with Gasteiger partial charge in [0.05, 0.1) is 12.3 Å². The molecule has 1 fully saturated rings. The molecule has 2 amide bonds. The predicted octanol–water partition coefficient (Wildman–Crippen LogP) is 2.24. The number of nitrogens with zero attached hydrogens (tertiary/aromatic N) is 5. The number of rotatable bonds is 4. The SMILES string of the molecule is CN(Cc1cc(F)ccc1F)c1ccn2ncc(NC(=O)N3CC[C@H](O)C3)c2n1. The first kappa shape index (κ1) is 19.1. The first-order valence-corrected chi connectivity index (χ1v) is 9.14. The van der Waals surface area contributed by atoms with Crippen LogP contribution in [-0.2, 0) is 6.54 Å². The number of amides is 2. The minimum absolute atomic E-state index is 0.119. The fourth-order valence-corrected chi connectivity index (χ4v) is 3.28. The summed E-state index contributed by atoms with van der Waals surface area (Å²) in [5.74, 6) is -0.496. The molecule has 0 aliphatic carbocycles. The smallest absolute Gasteiger partial charge is 0.322 e. The van der Waals surface area contributed by atoms with Gasteiger partial charge in [0.15, 0.2) is 5.65 Å². The summed E-state index contributed by atoms with van der Waals surface area (Å²) in [6, 6.07) is 4.68. The first-order chi connectivity index (χ1) is 13.9. The number of nitrogens with one attached hydrogen (secondary N) is 1. The van der Waals surface area contributed by atoms with E-state index < -0.39 is 17.7 Å². The van der Waals surface area contributed by atoms with Crippen molar-refractivity contribution < 1.29 is 18.7 Å². The fraction of sp³-hybridized carbons (Fsp3) is 0.316. The third-order valence-corrected chi connectivity index (χ3v) is 4.85. The summed E-state index contributed by atoms with van der Waals surface area (Å²) in [5, 5.41) is 16.5. The predicted molar refractivity (Wildman–Crippen MR) is 103 cm³/mol. The molecule has 0 saturated carbocycles. The number of β-amino-alcohol motifs (C(OH)–C–C–N with tert-alkyl or cyclic N) is 1. The van der Waals surface area contributed by atoms with Crippen molar-refractivity contribution in [3.8, 4) is 0 Å². The molecule has 10 heteroatoms. The van der Waals surface area contributed by atoms with E-state index in [-0.39, 0.29) is 24.7 Å². The molecule has 1 saturated heterocycles. The molecule has 1 aliphatic heterocycles. The molecule has 0 spiro atoms. The van der Waals surface area contributed by atoms with Gasteiger partial charge in [0, 0.05) is 38.4 Å². The van der Waals surface area contributed by atoms with E-state index in [9.17, 15) is 18.7 Å². The summed E-state index contributed by atoms with van der Waals surface area (Å²) in [5.41, 5.74) is 1.05. The topological polar surface area (TPSA) is 86.0 Å². The number of carbonyl (C=O) groups is 1. The van der Waals surface area contributed by atoms with Crippen LogP contribution < -0.4 is 10.2 Å². The lowest BCUT2D eigenvalue weighted by atomic mass is 10.2. The number of anilines is 2. The Morgan fingerprint density at radius 2 is 2.21 bits per heavy atom. The largest absolute Gasteiger partial charge is 0.391 e. The number of hydrogen-bond donors (Lipinski definition) is 2. The van der Waals surface area contributed by atoms with Crippen molar-refractivity contribution in [1.29, 1.82) is 0 Å². The van der Waals surface area contributed by atoms with Crippen LogP contribution in [0.1, 0.15) is 12.0 Å². The second-order valence-electron chi connectivity index (χ2n) is 7.02. The van der Waals surface area contributed by atoms with Crippen molar-refractivity contribution in [2.45, 2.75) is 19.1 Å². The molecule has 0 bridgehead atoms. The molecule has 1 aliphatic rings. The lowest BCUT2D eigenvalue weighted by Crippen LogP contribution is -2.33. The molecule has 29 heavy (non-hydrogen) atoms. The van der Waals surface area contributed by atoms with Crippen LogP contribution in [-0.4, -0.2) is 56.9 Å². The second kappa shape index (κ2) is 7.63. The van der Waals surface area contributed by atoms with Gasteiger partial charge in [-0.05, 0) is 30.7 Å². The van der Waals surface area contributed by atoms with Gasteiger partial charge < -0.3 is 20.2 Å².